The Balaban J connectivity index is 1.74. The van der Waals surface area contributed by atoms with Crippen LogP contribution in [0.1, 0.15) is 29.3 Å². The highest BCUT2D eigenvalue weighted by atomic mass is 35.5. The lowest BCUT2D eigenvalue weighted by atomic mass is 10.0. The normalized spacial score (nSPS) is 17.0. The number of methoxy groups -OCH3 is 2. The number of aryl methyl sites for hydroxylation is 1. The zero-order valence-electron chi connectivity index (χ0n) is 16.3. The fourth-order valence-electron chi connectivity index (χ4n) is 4.07. The summed E-state index contributed by atoms with van der Waals surface area (Å²) < 4.78 is 13.3. The average Bonchev–Trinajstić information content (AvgIpc) is 3.09. The fraction of sp³-hybridized carbons (Fsp3) is 0.304. The lowest BCUT2D eigenvalue weighted by Gasteiger charge is -2.31. The SMILES string of the molecule is COc1ccc(CN2CCCn3cccc3[C@@H]2c2cccc(Cl)c2)c(OC)c1. The second-order valence-electron chi connectivity index (χ2n) is 7.09. The van der Waals surface area contributed by atoms with Gasteiger partial charge < -0.3 is 14.0 Å². The van der Waals surface area contributed by atoms with E-state index in [1.54, 1.807) is 14.2 Å². The number of ether oxygens (including phenoxy) is 2. The molecule has 0 bridgehead atoms. The summed E-state index contributed by atoms with van der Waals surface area (Å²) in [4.78, 5) is 2.51. The fourth-order valence-corrected chi connectivity index (χ4v) is 4.27. The minimum absolute atomic E-state index is 0.142. The van der Waals surface area contributed by atoms with Crippen LogP contribution in [0.15, 0.2) is 60.8 Å². The molecule has 0 N–H and O–H groups in total. The Morgan fingerprint density at radius 2 is 1.89 bits per heavy atom. The molecule has 4 rings (SSSR count). The zero-order valence-corrected chi connectivity index (χ0v) is 17.0. The van der Waals surface area contributed by atoms with Gasteiger partial charge in [0, 0.05) is 48.2 Å². The van der Waals surface area contributed by atoms with Gasteiger partial charge in [0.05, 0.1) is 20.3 Å². The minimum atomic E-state index is 0.142. The second-order valence-corrected chi connectivity index (χ2v) is 7.52. The van der Waals surface area contributed by atoms with Crippen LogP contribution in [-0.4, -0.2) is 30.2 Å². The minimum Gasteiger partial charge on any atom is -0.497 e. The maximum Gasteiger partial charge on any atom is 0.127 e. The smallest absolute Gasteiger partial charge is 0.127 e. The first kappa shape index (κ1) is 18.9. The zero-order chi connectivity index (χ0) is 19.5. The Labute approximate surface area is 171 Å². The molecule has 0 spiro atoms. The van der Waals surface area contributed by atoms with Crippen molar-refractivity contribution in [3.05, 3.63) is 82.6 Å². The Bertz CT molecular complexity index is 953. The molecule has 3 aromatic rings. The number of hydrogen-bond acceptors (Lipinski definition) is 3. The van der Waals surface area contributed by atoms with Gasteiger partial charge in [0.25, 0.3) is 0 Å². The summed E-state index contributed by atoms with van der Waals surface area (Å²) in [6, 6.07) is 18.7. The van der Waals surface area contributed by atoms with Crippen LogP contribution in [0.2, 0.25) is 5.02 Å². The van der Waals surface area contributed by atoms with Gasteiger partial charge in [-0.1, -0.05) is 29.8 Å². The maximum absolute atomic E-state index is 6.34. The third kappa shape index (κ3) is 3.75. The van der Waals surface area contributed by atoms with Crippen molar-refractivity contribution in [1.29, 1.82) is 0 Å². The topological polar surface area (TPSA) is 26.6 Å². The molecule has 1 aliphatic rings. The summed E-state index contributed by atoms with van der Waals surface area (Å²) in [5.74, 6) is 1.65. The highest BCUT2D eigenvalue weighted by Crippen LogP contribution is 2.35. The van der Waals surface area contributed by atoms with Crippen LogP contribution in [0.5, 0.6) is 11.5 Å². The molecule has 0 amide bonds. The van der Waals surface area contributed by atoms with Gasteiger partial charge >= 0.3 is 0 Å². The Morgan fingerprint density at radius 1 is 1.00 bits per heavy atom. The van der Waals surface area contributed by atoms with Gasteiger partial charge in [0.1, 0.15) is 11.5 Å². The molecule has 2 aromatic carbocycles. The van der Waals surface area contributed by atoms with Gasteiger partial charge in [-0.25, -0.2) is 0 Å². The molecule has 0 aliphatic carbocycles. The highest BCUT2D eigenvalue weighted by Gasteiger charge is 2.28. The van der Waals surface area contributed by atoms with Crippen molar-refractivity contribution in [3.63, 3.8) is 0 Å². The molecule has 0 fully saturated rings. The maximum atomic E-state index is 6.34. The van der Waals surface area contributed by atoms with Crippen LogP contribution >= 0.6 is 11.6 Å². The van der Waals surface area contributed by atoms with Crippen LogP contribution in [0.3, 0.4) is 0 Å². The lowest BCUT2D eigenvalue weighted by Crippen LogP contribution is -2.29. The van der Waals surface area contributed by atoms with Crippen molar-refractivity contribution < 1.29 is 9.47 Å². The van der Waals surface area contributed by atoms with Crippen molar-refractivity contribution in [2.24, 2.45) is 0 Å². The number of aromatic nitrogens is 1. The van der Waals surface area contributed by atoms with Crippen molar-refractivity contribution >= 4 is 11.6 Å². The summed E-state index contributed by atoms with van der Waals surface area (Å²) >= 11 is 6.34. The first-order valence-corrected chi connectivity index (χ1v) is 9.93. The van der Waals surface area contributed by atoms with Gasteiger partial charge in [0.2, 0.25) is 0 Å². The standard InChI is InChI=1S/C23H25ClN2O2/c1-27-20-10-9-18(22(15-20)28-2)16-26-13-5-12-25-11-4-8-21(25)23(26)17-6-3-7-19(24)14-17/h3-4,6-11,14-15,23H,5,12-13,16H2,1-2H3/t23-/m0/s1. The molecular formula is C23H25ClN2O2. The molecule has 1 aromatic heterocycles. The van der Waals surface area contributed by atoms with Crippen LogP contribution < -0.4 is 9.47 Å². The molecule has 0 unspecified atom stereocenters. The lowest BCUT2D eigenvalue weighted by molar-refractivity contribution is 0.217. The van der Waals surface area contributed by atoms with E-state index < -0.39 is 0 Å². The third-order valence-corrected chi connectivity index (χ3v) is 5.62. The molecule has 0 saturated carbocycles. The average molecular weight is 397 g/mol. The van der Waals surface area contributed by atoms with Crippen molar-refractivity contribution in [3.8, 4) is 11.5 Å². The van der Waals surface area contributed by atoms with E-state index >= 15 is 0 Å². The highest BCUT2D eigenvalue weighted by molar-refractivity contribution is 6.30. The van der Waals surface area contributed by atoms with Crippen molar-refractivity contribution in [2.45, 2.75) is 25.6 Å². The largest absolute Gasteiger partial charge is 0.497 e. The number of fused-ring (bicyclic) bond motifs is 1. The molecule has 4 nitrogen and oxygen atoms in total. The summed E-state index contributed by atoms with van der Waals surface area (Å²) in [5, 5.41) is 0.766. The number of benzene rings is 2. The first-order chi connectivity index (χ1) is 13.7. The van der Waals surface area contributed by atoms with Gasteiger partial charge in [-0.15, -0.1) is 0 Å². The van der Waals surface area contributed by atoms with Crippen LogP contribution in [0, 0.1) is 0 Å². The van der Waals surface area contributed by atoms with E-state index in [9.17, 15) is 0 Å². The van der Waals surface area contributed by atoms with E-state index in [0.717, 1.165) is 48.1 Å². The van der Waals surface area contributed by atoms with Crippen molar-refractivity contribution in [2.75, 3.05) is 20.8 Å². The molecule has 146 valence electrons. The number of nitrogens with zero attached hydrogens (tertiary/aromatic N) is 2. The monoisotopic (exact) mass is 396 g/mol. The Hall–Kier alpha value is -2.43. The van der Waals surface area contributed by atoms with Crippen molar-refractivity contribution in [1.82, 2.24) is 9.47 Å². The van der Waals surface area contributed by atoms with E-state index in [1.165, 1.54) is 11.3 Å². The Kier molecular flexibility index (Phi) is 5.60. The van der Waals surface area contributed by atoms with E-state index in [2.05, 4.69) is 46.0 Å². The molecular weight excluding hydrogens is 372 g/mol. The molecule has 0 radical (unpaired) electrons. The number of rotatable bonds is 5. The summed E-state index contributed by atoms with van der Waals surface area (Å²) in [6.45, 7) is 2.80. The van der Waals surface area contributed by atoms with E-state index in [-0.39, 0.29) is 6.04 Å². The summed E-state index contributed by atoms with van der Waals surface area (Å²) in [7, 11) is 3.38. The molecule has 5 heteroatoms. The summed E-state index contributed by atoms with van der Waals surface area (Å²) in [6.07, 6.45) is 3.27. The summed E-state index contributed by atoms with van der Waals surface area (Å²) in [5.41, 5.74) is 3.66. The van der Waals surface area contributed by atoms with E-state index in [4.69, 9.17) is 21.1 Å². The van der Waals surface area contributed by atoms with E-state index in [0.29, 0.717) is 0 Å². The second kappa shape index (κ2) is 8.29. The predicted octanol–water partition coefficient (Wildman–Crippen LogP) is 5.15. The number of halogens is 1. The van der Waals surface area contributed by atoms with Crippen LogP contribution in [-0.2, 0) is 13.1 Å². The predicted molar refractivity (Wildman–Crippen MR) is 112 cm³/mol. The van der Waals surface area contributed by atoms with Crippen LogP contribution in [0.4, 0.5) is 0 Å². The molecule has 28 heavy (non-hydrogen) atoms. The quantitative estimate of drug-likeness (QED) is 0.596. The molecule has 2 heterocycles. The van der Waals surface area contributed by atoms with Crippen LogP contribution in [0.25, 0.3) is 0 Å². The van der Waals surface area contributed by atoms with Gasteiger partial charge in [-0.05, 0) is 42.3 Å². The molecule has 0 saturated heterocycles. The van der Waals surface area contributed by atoms with E-state index in [1.807, 2.05) is 24.3 Å². The third-order valence-electron chi connectivity index (χ3n) is 5.39. The first-order valence-electron chi connectivity index (χ1n) is 9.55. The molecule has 1 atom stereocenters. The molecule has 1 aliphatic heterocycles. The van der Waals surface area contributed by atoms with Gasteiger partial charge in [-0.2, -0.15) is 0 Å². The number of hydrogen-bond donors (Lipinski definition) is 0. The van der Waals surface area contributed by atoms with Gasteiger partial charge in [-0.3, -0.25) is 4.90 Å². The Morgan fingerprint density at radius 3 is 2.68 bits per heavy atom. The van der Waals surface area contributed by atoms with Gasteiger partial charge in [0.15, 0.2) is 0 Å².